The Labute approximate surface area is 106 Å². The third-order valence-corrected chi connectivity index (χ3v) is 3.49. The van der Waals surface area contributed by atoms with Gasteiger partial charge in [-0.15, -0.1) is 0 Å². The zero-order valence-electron chi connectivity index (χ0n) is 9.21. The summed E-state index contributed by atoms with van der Waals surface area (Å²) in [5.41, 5.74) is 0.867. The number of nitrogens with zero attached hydrogens (tertiary/aromatic N) is 2. The van der Waals surface area contributed by atoms with E-state index in [2.05, 4.69) is 15.2 Å². The predicted octanol–water partition coefficient (Wildman–Crippen LogP) is 2.18. The van der Waals surface area contributed by atoms with E-state index < -0.39 is 0 Å². The minimum Gasteiger partial charge on any atom is -0.316 e. The summed E-state index contributed by atoms with van der Waals surface area (Å²) in [5.74, 6) is 0. The van der Waals surface area contributed by atoms with Crippen LogP contribution in [0.25, 0.3) is 0 Å². The summed E-state index contributed by atoms with van der Waals surface area (Å²) < 4.78 is 0. The Balaban J connectivity index is 2.01. The number of aromatic nitrogens is 1. The van der Waals surface area contributed by atoms with Gasteiger partial charge in [0.25, 0.3) is 0 Å². The van der Waals surface area contributed by atoms with Gasteiger partial charge in [0.15, 0.2) is 0 Å². The molecular weight excluding hydrogens is 245 g/mol. The van der Waals surface area contributed by atoms with Crippen molar-refractivity contribution in [1.29, 1.82) is 0 Å². The summed E-state index contributed by atoms with van der Waals surface area (Å²) in [6, 6.07) is 4.10. The zero-order chi connectivity index (χ0) is 11.5. The van der Waals surface area contributed by atoms with Gasteiger partial charge < -0.3 is 5.32 Å². The van der Waals surface area contributed by atoms with Crippen molar-refractivity contribution in [2.24, 2.45) is 0 Å². The first-order valence-corrected chi connectivity index (χ1v) is 6.15. The van der Waals surface area contributed by atoms with Gasteiger partial charge in [0.2, 0.25) is 0 Å². The minimum absolute atomic E-state index is 0.503. The Morgan fingerprint density at radius 3 is 3.00 bits per heavy atom. The van der Waals surface area contributed by atoms with Crippen LogP contribution < -0.4 is 5.32 Å². The molecule has 1 N–H and O–H groups in total. The van der Waals surface area contributed by atoms with Gasteiger partial charge in [-0.3, -0.25) is 4.90 Å². The maximum absolute atomic E-state index is 6.08. The minimum atomic E-state index is 0.503. The van der Waals surface area contributed by atoms with Crippen molar-refractivity contribution in [2.75, 3.05) is 20.1 Å². The van der Waals surface area contributed by atoms with Crippen molar-refractivity contribution >= 4 is 23.2 Å². The number of likely N-dealkylation sites (tertiary alicyclic amines) is 1. The number of pyridine rings is 1. The van der Waals surface area contributed by atoms with Crippen molar-refractivity contribution < 1.29 is 0 Å². The van der Waals surface area contributed by atoms with Gasteiger partial charge >= 0.3 is 0 Å². The summed E-state index contributed by atoms with van der Waals surface area (Å²) in [5, 5.41) is 4.48. The van der Waals surface area contributed by atoms with Crippen LogP contribution in [0.5, 0.6) is 0 Å². The lowest BCUT2D eigenvalue weighted by Gasteiger charge is -2.16. The standard InChI is InChI=1S/C11H15Cl2N3/c1-14-8-4-5-16(6-8)7-10-9(12)2-3-11(13)15-10/h2-3,8,14H,4-7H2,1H3. The molecule has 0 aromatic carbocycles. The van der Waals surface area contributed by atoms with Crippen molar-refractivity contribution in [2.45, 2.75) is 19.0 Å². The highest BCUT2D eigenvalue weighted by Gasteiger charge is 2.21. The SMILES string of the molecule is CNC1CCN(Cc2nc(Cl)ccc2Cl)C1. The van der Waals surface area contributed by atoms with E-state index in [9.17, 15) is 0 Å². The van der Waals surface area contributed by atoms with Crippen LogP contribution in [-0.2, 0) is 6.54 Å². The van der Waals surface area contributed by atoms with Crippen molar-refractivity contribution in [3.05, 3.63) is 28.0 Å². The Morgan fingerprint density at radius 2 is 2.31 bits per heavy atom. The highest BCUT2D eigenvalue weighted by molar-refractivity contribution is 6.32. The molecule has 0 amide bonds. The number of halogens is 2. The molecule has 1 fully saturated rings. The van der Waals surface area contributed by atoms with Gasteiger partial charge in [-0.2, -0.15) is 0 Å². The molecular formula is C11H15Cl2N3. The van der Waals surface area contributed by atoms with Crippen molar-refractivity contribution in [3.63, 3.8) is 0 Å². The molecule has 1 aromatic heterocycles. The third kappa shape index (κ3) is 2.86. The second-order valence-corrected chi connectivity index (χ2v) is 4.87. The Kier molecular flexibility index (Phi) is 4.03. The van der Waals surface area contributed by atoms with E-state index in [0.717, 1.165) is 25.3 Å². The van der Waals surface area contributed by atoms with Gasteiger partial charge in [0.05, 0.1) is 10.7 Å². The molecule has 2 heterocycles. The lowest BCUT2D eigenvalue weighted by Crippen LogP contribution is -2.29. The molecule has 5 heteroatoms. The Morgan fingerprint density at radius 1 is 1.50 bits per heavy atom. The van der Waals surface area contributed by atoms with Crippen LogP contribution in [0.2, 0.25) is 10.2 Å². The van der Waals surface area contributed by atoms with Crippen LogP contribution in [0.1, 0.15) is 12.1 Å². The molecule has 0 spiro atoms. The first kappa shape index (κ1) is 12.1. The van der Waals surface area contributed by atoms with Crippen LogP contribution in [0.15, 0.2) is 12.1 Å². The summed E-state index contributed by atoms with van der Waals surface area (Å²) >= 11 is 11.9. The van der Waals surface area contributed by atoms with Crippen molar-refractivity contribution in [1.82, 2.24) is 15.2 Å². The number of rotatable bonds is 3. The fraction of sp³-hybridized carbons (Fsp3) is 0.545. The van der Waals surface area contributed by atoms with E-state index in [4.69, 9.17) is 23.2 Å². The quantitative estimate of drug-likeness (QED) is 0.844. The first-order chi connectivity index (χ1) is 7.69. The molecule has 1 aromatic rings. The van der Waals surface area contributed by atoms with Crippen molar-refractivity contribution in [3.8, 4) is 0 Å². The Bertz CT molecular complexity index is 370. The molecule has 1 atom stereocenters. The average molecular weight is 260 g/mol. The molecule has 1 aliphatic heterocycles. The second kappa shape index (κ2) is 5.32. The second-order valence-electron chi connectivity index (χ2n) is 4.07. The van der Waals surface area contributed by atoms with Crippen LogP contribution in [-0.4, -0.2) is 36.1 Å². The predicted molar refractivity (Wildman–Crippen MR) is 67.0 cm³/mol. The highest BCUT2D eigenvalue weighted by Crippen LogP contribution is 2.20. The van der Waals surface area contributed by atoms with E-state index in [1.807, 2.05) is 7.05 Å². The smallest absolute Gasteiger partial charge is 0.129 e. The Hall–Kier alpha value is -0.350. The molecule has 2 rings (SSSR count). The van der Waals surface area contributed by atoms with E-state index >= 15 is 0 Å². The van der Waals surface area contributed by atoms with Gasteiger partial charge in [-0.1, -0.05) is 23.2 Å². The third-order valence-electron chi connectivity index (χ3n) is 2.94. The van der Waals surface area contributed by atoms with Gasteiger partial charge in [-0.25, -0.2) is 4.98 Å². The van der Waals surface area contributed by atoms with Crippen LogP contribution in [0.4, 0.5) is 0 Å². The molecule has 0 bridgehead atoms. The summed E-state index contributed by atoms with van der Waals surface area (Å²) in [7, 11) is 2.00. The lowest BCUT2D eigenvalue weighted by molar-refractivity contribution is 0.318. The normalized spacial score (nSPS) is 21.6. The molecule has 1 aliphatic rings. The number of hydrogen-bond donors (Lipinski definition) is 1. The summed E-state index contributed by atoms with van der Waals surface area (Å²) in [6.45, 7) is 2.90. The fourth-order valence-corrected chi connectivity index (χ4v) is 2.32. The van der Waals surface area contributed by atoms with Gasteiger partial charge in [-0.05, 0) is 25.6 Å². The van der Waals surface area contributed by atoms with Crippen LogP contribution >= 0.6 is 23.2 Å². The fourth-order valence-electron chi connectivity index (χ4n) is 1.99. The summed E-state index contributed by atoms with van der Waals surface area (Å²) in [6.07, 6.45) is 1.18. The van der Waals surface area contributed by atoms with Crippen LogP contribution in [0, 0.1) is 0 Å². The number of likely N-dealkylation sites (N-methyl/N-ethyl adjacent to an activating group) is 1. The molecule has 88 valence electrons. The van der Waals surface area contributed by atoms with E-state index in [-0.39, 0.29) is 0 Å². The molecule has 1 saturated heterocycles. The van der Waals surface area contributed by atoms with E-state index in [1.54, 1.807) is 12.1 Å². The van der Waals surface area contributed by atoms with Gasteiger partial charge in [0.1, 0.15) is 5.15 Å². The molecule has 0 saturated carbocycles. The summed E-state index contributed by atoms with van der Waals surface area (Å²) in [4.78, 5) is 6.60. The average Bonchev–Trinajstić information content (AvgIpc) is 2.71. The van der Waals surface area contributed by atoms with Crippen LogP contribution in [0.3, 0.4) is 0 Å². The van der Waals surface area contributed by atoms with E-state index in [1.165, 1.54) is 6.42 Å². The molecule has 3 nitrogen and oxygen atoms in total. The molecule has 0 aliphatic carbocycles. The van der Waals surface area contributed by atoms with E-state index in [0.29, 0.717) is 16.2 Å². The number of nitrogens with one attached hydrogen (secondary N) is 1. The molecule has 16 heavy (non-hydrogen) atoms. The zero-order valence-corrected chi connectivity index (χ0v) is 10.7. The first-order valence-electron chi connectivity index (χ1n) is 5.39. The monoisotopic (exact) mass is 259 g/mol. The topological polar surface area (TPSA) is 28.2 Å². The van der Waals surface area contributed by atoms with Gasteiger partial charge in [0, 0.05) is 25.7 Å². The largest absolute Gasteiger partial charge is 0.316 e. The maximum Gasteiger partial charge on any atom is 0.129 e. The highest BCUT2D eigenvalue weighted by atomic mass is 35.5. The maximum atomic E-state index is 6.08. The molecule has 0 radical (unpaired) electrons. The number of hydrogen-bond acceptors (Lipinski definition) is 3. The molecule has 1 unspecified atom stereocenters. The lowest BCUT2D eigenvalue weighted by atomic mass is 10.3.